The van der Waals surface area contributed by atoms with Crippen LogP contribution in [0, 0.1) is 10.1 Å². The second kappa shape index (κ2) is 5.54. The van der Waals surface area contributed by atoms with Gasteiger partial charge in [0.25, 0.3) is 0 Å². The van der Waals surface area contributed by atoms with Gasteiger partial charge in [0.15, 0.2) is 6.29 Å². The number of rotatable bonds is 5. The van der Waals surface area contributed by atoms with Crippen LogP contribution in [-0.4, -0.2) is 44.3 Å². The molecule has 4 N–H and O–H groups in total. The summed E-state index contributed by atoms with van der Waals surface area (Å²) in [5.74, 6) is -0.815. The first kappa shape index (κ1) is 14.0. The number of nitro benzene ring substituents is 1. The van der Waals surface area contributed by atoms with E-state index in [2.05, 4.69) is 0 Å². The van der Waals surface area contributed by atoms with Crippen molar-refractivity contribution < 1.29 is 30.1 Å². The van der Waals surface area contributed by atoms with E-state index in [1.54, 1.807) is 0 Å². The molecule has 0 heterocycles. The number of hydrogen-bond donors (Lipinski definition) is 4. The van der Waals surface area contributed by atoms with Gasteiger partial charge in [0, 0.05) is 6.07 Å². The van der Waals surface area contributed by atoms with Gasteiger partial charge in [0.05, 0.1) is 17.1 Å². The van der Waals surface area contributed by atoms with Crippen LogP contribution < -0.4 is 0 Å². The zero-order chi connectivity index (χ0) is 13.9. The summed E-state index contributed by atoms with van der Waals surface area (Å²) in [5.41, 5.74) is -1.30. The maximum atomic E-state index is 10.6. The minimum absolute atomic E-state index is 0.150. The molecule has 2 unspecified atom stereocenters. The van der Waals surface area contributed by atoms with Crippen LogP contribution in [0.1, 0.15) is 22.0 Å². The third kappa shape index (κ3) is 2.62. The number of benzene rings is 1. The van der Waals surface area contributed by atoms with E-state index in [1.165, 1.54) is 0 Å². The normalized spacial score (nSPS) is 13.9. The van der Waals surface area contributed by atoms with Crippen molar-refractivity contribution in [2.75, 3.05) is 6.61 Å². The lowest BCUT2D eigenvalue weighted by Gasteiger charge is -2.16. The molecule has 0 aliphatic heterocycles. The molecule has 2 atom stereocenters. The zero-order valence-corrected chi connectivity index (χ0v) is 9.05. The average Bonchev–Trinajstić information content (AvgIpc) is 2.36. The molecule has 18 heavy (non-hydrogen) atoms. The van der Waals surface area contributed by atoms with Crippen LogP contribution in [0.3, 0.4) is 0 Å². The average molecular weight is 257 g/mol. The molecule has 8 nitrogen and oxygen atoms in total. The Hall–Kier alpha value is -2.03. The molecule has 0 saturated heterocycles. The summed E-state index contributed by atoms with van der Waals surface area (Å²) < 4.78 is 0. The molecule has 98 valence electrons. The molecule has 0 bridgehead atoms. The molecule has 0 aromatic heterocycles. The van der Waals surface area contributed by atoms with Crippen molar-refractivity contribution in [3.8, 4) is 5.75 Å². The van der Waals surface area contributed by atoms with Gasteiger partial charge in [-0.15, -0.1) is 0 Å². The van der Waals surface area contributed by atoms with Gasteiger partial charge in [0.2, 0.25) is 5.75 Å². The van der Waals surface area contributed by atoms with Crippen LogP contribution in [0.15, 0.2) is 12.1 Å². The predicted molar refractivity (Wildman–Crippen MR) is 58.2 cm³/mol. The van der Waals surface area contributed by atoms with Gasteiger partial charge in [0.1, 0.15) is 12.2 Å². The summed E-state index contributed by atoms with van der Waals surface area (Å²) in [5, 5.41) is 47.5. The van der Waals surface area contributed by atoms with Crippen LogP contribution in [0.25, 0.3) is 0 Å². The van der Waals surface area contributed by atoms with Gasteiger partial charge in [-0.2, -0.15) is 0 Å². The molecule has 0 fully saturated rings. The highest BCUT2D eigenvalue weighted by Gasteiger charge is 2.24. The Morgan fingerprint density at radius 2 is 2.00 bits per heavy atom. The smallest absolute Gasteiger partial charge is 0.311 e. The Bertz CT molecular complexity index is 474. The summed E-state index contributed by atoms with van der Waals surface area (Å²) in [4.78, 5) is 20.4. The van der Waals surface area contributed by atoms with E-state index >= 15 is 0 Å². The number of aliphatic hydroxyl groups excluding tert-OH is 3. The van der Waals surface area contributed by atoms with Gasteiger partial charge in [-0.3, -0.25) is 14.9 Å². The van der Waals surface area contributed by atoms with Crippen molar-refractivity contribution >= 4 is 12.0 Å². The van der Waals surface area contributed by atoms with E-state index in [0.29, 0.717) is 0 Å². The van der Waals surface area contributed by atoms with E-state index < -0.39 is 35.2 Å². The minimum atomic E-state index is -1.60. The fourth-order valence-corrected chi connectivity index (χ4v) is 1.39. The number of nitro groups is 1. The van der Waals surface area contributed by atoms with E-state index in [0.717, 1.165) is 12.1 Å². The number of carbonyl (C=O) groups excluding carboxylic acids is 1. The Morgan fingerprint density at radius 1 is 1.39 bits per heavy atom. The molecule has 1 aromatic rings. The molecule has 1 rings (SSSR count). The lowest BCUT2D eigenvalue weighted by Crippen LogP contribution is -2.22. The van der Waals surface area contributed by atoms with Crippen LogP contribution in [-0.2, 0) is 0 Å². The van der Waals surface area contributed by atoms with Gasteiger partial charge in [-0.25, -0.2) is 0 Å². The van der Waals surface area contributed by atoms with Crippen molar-refractivity contribution in [1.82, 2.24) is 0 Å². The van der Waals surface area contributed by atoms with Crippen molar-refractivity contribution in [3.63, 3.8) is 0 Å². The van der Waals surface area contributed by atoms with Crippen molar-refractivity contribution in [2.45, 2.75) is 12.2 Å². The fraction of sp³-hybridized carbons (Fsp3) is 0.300. The molecule has 0 radical (unpaired) electrons. The number of carbonyl (C=O) groups is 1. The van der Waals surface area contributed by atoms with Crippen LogP contribution in [0.5, 0.6) is 5.75 Å². The molecular formula is C10H11NO7. The Morgan fingerprint density at radius 3 is 2.44 bits per heavy atom. The molecular weight excluding hydrogens is 246 g/mol. The third-order valence-corrected chi connectivity index (χ3v) is 2.36. The van der Waals surface area contributed by atoms with E-state index in [9.17, 15) is 30.2 Å². The fourth-order valence-electron chi connectivity index (χ4n) is 1.39. The number of hydrogen-bond acceptors (Lipinski definition) is 7. The summed E-state index contributed by atoms with van der Waals surface area (Å²) in [6, 6.07) is 1.82. The number of aliphatic hydroxyl groups is 3. The Labute approximate surface area is 101 Å². The molecule has 0 amide bonds. The van der Waals surface area contributed by atoms with Crippen LogP contribution in [0.4, 0.5) is 5.69 Å². The van der Waals surface area contributed by atoms with Crippen molar-refractivity contribution in [1.29, 1.82) is 0 Å². The number of phenolic OH excluding ortho intramolecular Hbond substituents is 1. The maximum absolute atomic E-state index is 10.6. The summed E-state index contributed by atoms with van der Waals surface area (Å²) in [6.07, 6.45) is -2.97. The second-order valence-corrected chi connectivity index (χ2v) is 3.55. The number of aromatic hydroxyl groups is 1. The molecule has 8 heteroatoms. The summed E-state index contributed by atoms with van der Waals surface area (Å²) in [7, 11) is 0. The zero-order valence-electron chi connectivity index (χ0n) is 9.05. The minimum Gasteiger partial charge on any atom is -0.502 e. The highest BCUT2D eigenvalue weighted by molar-refractivity contribution is 5.82. The third-order valence-electron chi connectivity index (χ3n) is 2.36. The summed E-state index contributed by atoms with van der Waals surface area (Å²) in [6.45, 7) is -0.758. The first-order valence-corrected chi connectivity index (χ1v) is 4.85. The molecule has 0 aliphatic rings. The van der Waals surface area contributed by atoms with Crippen LogP contribution >= 0.6 is 0 Å². The largest absolute Gasteiger partial charge is 0.502 e. The molecule has 0 aliphatic carbocycles. The van der Waals surface area contributed by atoms with Gasteiger partial charge in [-0.05, 0) is 11.6 Å². The SMILES string of the molecule is O=Cc1cc(C(O)C(O)CO)cc([N+](=O)[O-])c1O. The quantitative estimate of drug-likeness (QED) is 0.316. The Kier molecular flexibility index (Phi) is 4.32. The topological polar surface area (TPSA) is 141 Å². The van der Waals surface area contributed by atoms with E-state index in [-0.39, 0.29) is 17.4 Å². The molecule has 0 spiro atoms. The van der Waals surface area contributed by atoms with E-state index in [4.69, 9.17) is 5.11 Å². The lowest BCUT2D eigenvalue weighted by molar-refractivity contribution is -0.386. The summed E-state index contributed by atoms with van der Waals surface area (Å²) >= 11 is 0. The first-order chi connectivity index (χ1) is 8.42. The maximum Gasteiger partial charge on any atom is 0.311 e. The van der Waals surface area contributed by atoms with Crippen LogP contribution in [0.2, 0.25) is 0 Å². The number of phenols is 1. The van der Waals surface area contributed by atoms with Crippen molar-refractivity contribution in [2.24, 2.45) is 0 Å². The van der Waals surface area contributed by atoms with Gasteiger partial charge < -0.3 is 20.4 Å². The van der Waals surface area contributed by atoms with Gasteiger partial charge >= 0.3 is 5.69 Å². The number of nitrogens with zero attached hydrogens (tertiary/aromatic N) is 1. The highest BCUT2D eigenvalue weighted by atomic mass is 16.6. The highest BCUT2D eigenvalue weighted by Crippen LogP contribution is 2.33. The monoisotopic (exact) mass is 257 g/mol. The lowest BCUT2D eigenvalue weighted by atomic mass is 10.0. The second-order valence-electron chi connectivity index (χ2n) is 3.55. The van der Waals surface area contributed by atoms with E-state index in [1.807, 2.05) is 0 Å². The predicted octanol–water partition coefficient (Wildman–Crippen LogP) is -0.501. The molecule has 0 saturated carbocycles. The Balaban J connectivity index is 3.34. The van der Waals surface area contributed by atoms with Gasteiger partial charge in [-0.1, -0.05) is 0 Å². The van der Waals surface area contributed by atoms with Crippen molar-refractivity contribution in [3.05, 3.63) is 33.4 Å². The number of aldehydes is 1. The first-order valence-electron chi connectivity index (χ1n) is 4.85. The molecule has 1 aromatic carbocycles. The standard InChI is InChI=1S/C10H11NO7/c12-3-6-1-5(10(16)8(14)4-13)2-7(9(6)15)11(17)18/h1-3,8,10,13-16H,4H2.